The molecule has 1 atom stereocenters. The maximum Gasteiger partial charge on any atom is 0.303 e. The van der Waals surface area contributed by atoms with Crippen LogP contribution in [0.3, 0.4) is 0 Å². The lowest BCUT2D eigenvalue weighted by Gasteiger charge is -2.15. The number of rotatable bonds is 4. The average molecular weight is 325 g/mol. The highest BCUT2D eigenvalue weighted by molar-refractivity contribution is 7.98. The van der Waals surface area contributed by atoms with E-state index in [4.69, 9.17) is 5.11 Å². The highest BCUT2D eigenvalue weighted by atomic mass is 32.2. The third-order valence-corrected chi connectivity index (χ3v) is 6.41. The van der Waals surface area contributed by atoms with E-state index in [1.54, 1.807) is 11.3 Å². The molecule has 21 heavy (non-hydrogen) atoms. The van der Waals surface area contributed by atoms with Crippen LogP contribution >= 0.6 is 23.1 Å². The molecular formula is C15H19NO3S2. The smallest absolute Gasteiger partial charge is 0.303 e. The molecule has 2 aliphatic rings. The Morgan fingerprint density at radius 1 is 1.43 bits per heavy atom. The van der Waals surface area contributed by atoms with Crippen LogP contribution < -0.4 is 0 Å². The molecule has 1 unspecified atom stereocenters. The normalized spacial score (nSPS) is 21.3. The van der Waals surface area contributed by atoms with Crippen molar-refractivity contribution >= 4 is 35.0 Å². The van der Waals surface area contributed by atoms with Gasteiger partial charge in [0.05, 0.1) is 4.88 Å². The summed E-state index contributed by atoms with van der Waals surface area (Å²) in [6, 6.07) is 2.07. The quantitative estimate of drug-likeness (QED) is 0.925. The Balaban J connectivity index is 1.61. The molecule has 3 rings (SSSR count). The maximum absolute atomic E-state index is 12.6. The summed E-state index contributed by atoms with van der Waals surface area (Å²) in [5, 5.41) is 8.74. The number of nitrogens with zero attached hydrogens (tertiary/aromatic N) is 1. The number of thioether (sulfide) groups is 1. The average Bonchev–Trinajstić information content (AvgIpc) is 3.11. The molecular weight excluding hydrogens is 306 g/mol. The molecule has 1 saturated heterocycles. The summed E-state index contributed by atoms with van der Waals surface area (Å²) in [5.41, 5.74) is 1.33. The van der Waals surface area contributed by atoms with Crippen LogP contribution in [0.2, 0.25) is 0 Å². The largest absolute Gasteiger partial charge is 0.481 e. The lowest BCUT2D eigenvalue weighted by atomic mass is 10.0. The van der Waals surface area contributed by atoms with Gasteiger partial charge < -0.3 is 10.0 Å². The molecule has 0 radical (unpaired) electrons. The van der Waals surface area contributed by atoms with Crippen LogP contribution in [0.1, 0.15) is 39.4 Å². The van der Waals surface area contributed by atoms with Gasteiger partial charge in [0, 0.05) is 30.1 Å². The highest BCUT2D eigenvalue weighted by Crippen LogP contribution is 2.33. The molecule has 1 fully saturated rings. The first-order valence-corrected chi connectivity index (χ1v) is 9.31. The Labute approximate surface area is 132 Å². The van der Waals surface area contributed by atoms with Gasteiger partial charge in [-0.2, -0.15) is 11.8 Å². The van der Waals surface area contributed by atoms with Crippen LogP contribution in [0.15, 0.2) is 6.07 Å². The van der Waals surface area contributed by atoms with Crippen LogP contribution in [0.4, 0.5) is 0 Å². The fourth-order valence-electron chi connectivity index (χ4n) is 2.99. The summed E-state index contributed by atoms with van der Waals surface area (Å²) in [6.45, 7) is 1.48. The first-order chi connectivity index (χ1) is 10.1. The van der Waals surface area contributed by atoms with Gasteiger partial charge in [-0.15, -0.1) is 11.3 Å². The number of hydrogen-bond donors (Lipinski definition) is 1. The van der Waals surface area contributed by atoms with Crippen molar-refractivity contribution in [2.24, 2.45) is 5.92 Å². The minimum Gasteiger partial charge on any atom is -0.481 e. The van der Waals surface area contributed by atoms with Crippen LogP contribution in [-0.2, 0) is 17.0 Å². The zero-order chi connectivity index (χ0) is 14.8. The molecule has 114 valence electrons. The fraction of sp³-hybridized carbons (Fsp3) is 0.600. The number of aryl methyl sites for hydroxylation is 1. The number of carboxylic acids is 1. The fourth-order valence-corrected chi connectivity index (χ4v) is 5.33. The molecule has 1 amide bonds. The Morgan fingerprint density at radius 3 is 3.05 bits per heavy atom. The molecule has 0 aliphatic carbocycles. The van der Waals surface area contributed by atoms with Crippen LogP contribution in [0.5, 0.6) is 0 Å². The van der Waals surface area contributed by atoms with Crippen molar-refractivity contribution in [3.8, 4) is 0 Å². The molecule has 1 aromatic heterocycles. The molecule has 0 bridgehead atoms. The number of hydrogen-bond acceptors (Lipinski definition) is 4. The molecule has 0 saturated carbocycles. The van der Waals surface area contributed by atoms with Gasteiger partial charge in [-0.1, -0.05) is 0 Å². The summed E-state index contributed by atoms with van der Waals surface area (Å²) in [7, 11) is 0. The number of likely N-dealkylation sites (tertiary alicyclic amines) is 1. The number of carboxylic acid groups (broad SMARTS) is 1. The molecule has 1 aromatic rings. The van der Waals surface area contributed by atoms with E-state index in [2.05, 4.69) is 6.07 Å². The summed E-state index contributed by atoms with van der Waals surface area (Å²) in [6.07, 6.45) is 2.90. The van der Waals surface area contributed by atoms with E-state index in [0.29, 0.717) is 18.9 Å². The van der Waals surface area contributed by atoms with E-state index in [1.165, 1.54) is 10.4 Å². The predicted molar refractivity (Wildman–Crippen MR) is 85.1 cm³/mol. The first-order valence-electron chi connectivity index (χ1n) is 7.34. The summed E-state index contributed by atoms with van der Waals surface area (Å²) in [4.78, 5) is 27.3. The van der Waals surface area contributed by atoms with Crippen molar-refractivity contribution in [3.63, 3.8) is 0 Å². The lowest BCUT2D eigenvalue weighted by molar-refractivity contribution is -0.137. The Kier molecular flexibility index (Phi) is 4.54. The van der Waals surface area contributed by atoms with Crippen molar-refractivity contribution in [2.75, 3.05) is 18.8 Å². The SMILES string of the molecule is O=C(O)CCC1CCN(C(=O)c2cc3c(s2)CCSC3)C1. The van der Waals surface area contributed by atoms with Crippen LogP contribution in [-0.4, -0.2) is 40.7 Å². The molecule has 0 spiro atoms. The number of carbonyl (C=O) groups is 2. The van der Waals surface area contributed by atoms with E-state index < -0.39 is 5.97 Å². The standard InChI is InChI=1S/C15H19NO3S2/c17-14(18)2-1-10-3-5-16(8-10)15(19)13-7-11-9-20-6-4-12(11)21-13/h7,10H,1-6,8-9H2,(H,17,18). The van der Waals surface area contributed by atoms with Gasteiger partial charge >= 0.3 is 5.97 Å². The van der Waals surface area contributed by atoms with E-state index in [0.717, 1.165) is 35.8 Å². The van der Waals surface area contributed by atoms with Crippen molar-refractivity contribution in [1.29, 1.82) is 0 Å². The summed E-state index contributed by atoms with van der Waals surface area (Å²) >= 11 is 3.58. The maximum atomic E-state index is 12.6. The zero-order valence-corrected chi connectivity index (χ0v) is 13.5. The van der Waals surface area contributed by atoms with E-state index in [1.807, 2.05) is 16.7 Å². The molecule has 2 aliphatic heterocycles. The zero-order valence-electron chi connectivity index (χ0n) is 11.8. The summed E-state index contributed by atoms with van der Waals surface area (Å²) in [5.74, 6) is 1.92. The van der Waals surface area contributed by atoms with Crippen molar-refractivity contribution in [3.05, 3.63) is 21.4 Å². The van der Waals surface area contributed by atoms with Crippen LogP contribution in [0, 0.1) is 5.92 Å². The molecule has 4 nitrogen and oxygen atoms in total. The minimum absolute atomic E-state index is 0.136. The number of aliphatic carboxylic acids is 1. The second kappa shape index (κ2) is 6.40. The number of carbonyl (C=O) groups excluding carboxylic acids is 1. The van der Waals surface area contributed by atoms with E-state index in [-0.39, 0.29) is 12.3 Å². The van der Waals surface area contributed by atoms with Gasteiger partial charge in [0.25, 0.3) is 5.91 Å². The van der Waals surface area contributed by atoms with Gasteiger partial charge in [0.2, 0.25) is 0 Å². The van der Waals surface area contributed by atoms with E-state index in [9.17, 15) is 9.59 Å². The third-order valence-electron chi connectivity index (χ3n) is 4.18. The van der Waals surface area contributed by atoms with Gasteiger partial charge in [0.1, 0.15) is 0 Å². The first kappa shape index (κ1) is 14.9. The van der Waals surface area contributed by atoms with E-state index >= 15 is 0 Å². The topological polar surface area (TPSA) is 57.6 Å². The van der Waals surface area contributed by atoms with Crippen molar-refractivity contribution in [1.82, 2.24) is 4.90 Å². The Hall–Kier alpha value is -1.01. The van der Waals surface area contributed by atoms with Crippen LogP contribution in [0.25, 0.3) is 0 Å². The second-order valence-electron chi connectivity index (χ2n) is 5.70. The minimum atomic E-state index is -0.747. The number of amides is 1. The van der Waals surface area contributed by atoms with Gasteiger partial charge in [-0.3, -0.25) is 9.59 Å². The van der Waals surface area contributed by atoms with Gasteiger partial charge in [-0.25, -0.2) is 0 Å². The highest BCUT2D eigenvalue weighted by Gasteiger charge is 2.28. The number of fused-ring (bicyclic) bond motifs is 1. The Bertz CT molecular complexity index is 532. The van der Waals surface area contributed by atoms with Crippen molar-refractivity contribution in [2.45, 2.75) is 31.4 Å². The predicted octanol–water partition coefficient (Wildman–Crippen LogP) is 2.86. The third kappa shape index (κ3) is 3.43. The van der Waals surface area contributed by atoms with Gasteiger partial charge in [0.15, 0.2) is 0 Å². The monoisotopic (exact) mass is 325 g/mol. The molecule has 0 aromatic carbocycles. The van der Waals surface area contributed by atoms with Crippen molar-refractivity contribution < 1.29 is 14.7 Å². The molecule has 3 heterocycles. The number of thiophene rings is 1. The summed E-state index contributed by atoms with van der Waals surface area (Å²) < 4.78 is 0. The Morgan fingerprint density at radius 2 is 2.29 bits per heavy atom. The second-order valence-corrected chi connectivity index (χ2v) is 7.94. The molecule has 1 N–H and O–H groups in total. The lowest BCUT2D eigenvalue weighted by Crippen LogP contribution is -2.28. The molecule has 6 heteroatoms. The van der Waals surface area contributed by atoms with Gasteiger partial charge in [-0.05, 0) is 42.6 Å².